The number of hydrogen-bond acceptors (Lipinski definition) is 4. The Morgan fingerprint density at radius 1 is 1.67 bits per heavy atom. The molecule has 2 rings (SSSR count). The number of aromatic carboxylic acids is 1. The zero-order chi connectivity index (χ0) is 11.0. The quantitative estimate of drug-likeness (QED) is 0.896. The summed E-state index contributed by atoms with van der Waals surface area (Å²) in [5.74, 6) is -0.883. The van der Waals surface area contributed by atoms with E-state index in [4.69, 9.17) is 9.63 Å². The fourth-order valence-corrected chi connectivity index (χ4v) is 1.68. The lowest BCUT2D eigenvalue weighted by atomic mass is 10.2. The van der Waals surface area contributed by atoms with Gasteiger partial charge in [-0.15, -0.1) is 0 Å². The molecule has 2 aromatic heterocycles. The molecule has 0 spiro atoms. The number of rotatable bonds is 2. The molecule has 2 aromatic rings. The average Bonchev–Trinajstić information content (AvgIpc) is 2.71. The van der Waals surface area contributed by atoms with Crippen LogP contribution in [0.2, 0.25) is 0 Å². The summed E-state index contributed by atoms with van der Waals surface area (Å²) in [5, 5.41) is 16.4. The number of halogens is 1. The minimum atomic E-state index is -1.08. The van der Waals surface area contributed by atoms with Crippen LogP contribution in [-0.2, 0) is 7.05 Å². The first-order chi connectivity index (χ1) is 7.09. The molecule has 0 saturated heterocycles. The second kappa shape index (κ2) is 3.50. The molecule has 2 heterocycles. The normalized spacial score (nSPS) is 10.5. The lowest BCUT2D eigenvalue weighted by molar-refractivity contribution is 0.0697. The highest BCUT2D eigenvalue weighted by molar-refractivity contribution is 9.10. The van der Waals surface area contributed by atoms with Gasteiger partial charge >= 0.3 is 5.97 Å². The Labute approximate surface area is 92.6 Å². The third-order valence-electron chi connectivity index (χ3n) is 1.88. The fraction of sp³-hybridized carbons (Fsp3) is 0.125. The van der Waals surface area contributed by atoms with Crippen LogP contribution in [0.4, 0.5) is 0 Å². The standard InChI is InChI=1S/C8H6BrN3O3/c1-12-5(2-6(9)11-12)7-4(8(13)14)3-10-15-7/h2-3H,1H3,(H,13,14). The van der Waals surface area contributed by atoms with Crippen LogP contribution in [0.1, 0.15) is 10.4 Å². The minimum absolute atomic E-state index is 0.0190. The summed E-state index contributed by atoms with van der Waals surface area (Å²) in [6.07, 6.45) is 1.17. The van der Waals surface area contributed by atoms with Crippen LogP contribution in [0.15, 0.2) is 21.4 Å². The van der Waals surface area contributed by atoms with Crippen molar-refractivity contribution in [3.8, 4) is 11.5 Å². The second-order valence-electron chi connectivity index (χ2n) is 2.85. The van der Waals surface area contributed by atoms with Crippen molar-refractivity contribution in [2.24, 2.45) is 7.05 Å². The molecule has 0 radical (unpaired) electrons. The van der Waals surface area contributed by atoms with E-state index in [-0.39, 0.29) is 11.3 Å². The second-order valence-corrected chi connectivity index (χ2v) is 3.66. The maximum Gasteiger partial charge on any atom is 0.341 e. The Hall–Kier alpha value is -1.63. The average molecular weight is 272 g/mol. The monoisotopic (exact) mass is 271 g/mol. The predicted octanol–water partition coefficient (Wildman–Crippen LogP) is 1.54. The Morgan fingerprint density at radius 2 is 2.40 bits per heavy atom. The van der Waals surface area contributed by atoms with E-state index in [1.807, 2.05) is 0 Å². The molecule has 0 aliphatic rings. The molecule has 78 valence electrons. The van der Waals surface area contributed by atoms with E-state index in [0.29, 0.717) is 10.3 Å². The number of nitrogens with zero attached hydrogens (tertiary/aromatic N) is 3. The number of carboxylic acid groups (broad SMARTS) is 1. The number of carboxylic acids is 1. The van der Waals surface area contributed by atoms with Gasteiger partial charge in [0.15, 0.2) is 5.76 Å². The summed E-state index contributed by atoms with van der Waals surface area (Å²) in [4.78, 5) is 10.8. The molecular formula is C8H6BrN3O3. The molecule has 7 heteroatoms. The van der Waals surface area contributed by atoms with Gasteiger partial charge in [0.2, 0.25) is 0 Å². The third-order valence-corrected chi connectivity index (χ3v) is 2.27. The molecule has 1 N–H and O–H groups in total. The first-order valence-electron chi connectivity index (χ1n) is 3.97. The summed E-state index contributed by atoms with van der Waals surface area (Å²) in [6.45, 7) is 0. The first-order valence-corrected chi connectivity index (χ1v) is 4.77. The fourth-order valence-electron chi connectivity index (χ4n) is 1.22. The Kier molecular flexibility index (Phi) is 2.31. The van der Waals surface area contributed by atoms with Crippen LogP contribution < -0.4 is 0 Å². The van der Waals surface area contributed by atoms with E-state index in [1.165, 1.54) is 10.9 Å². The zero-order valence-corrected chi connectivity index (χ0v) is 9.22. The van der Waals surface area contributed by atoms with Gasteiger partial charge in [-0.05, 0) is 15.9 Å². The van der Waals surface area contributed by atoms with Gasteiger partial charge in [0.25, 0.3) is 0 Å². The topological polar surface area (TPSA) is 81.2 Å². The van der Waals surface area contributed by atoms with Crippen LogP contribution in [0.5, 0.6) is 0 Å². The summed E-state index contributed by atoms with van der Waals surface area (Å²) in [7, 11) is 1.69. The Balaban J connectivity index is 2.58. The van der Waals surface area contributed by atoms with Crippen molar-refractivity contribution in [1.29, 1.82) is 0 Å². The van der Waals surface area contributed by atoms with Crippen molar-refractivity contribution in [2.75, 3.05) is 0 Å². The highest BCUT2D eigenvalue weighted by atomic mass is 79.9. The van der Waals surface area contributed by atoms with E-state index < -0.39 is 5.97 Å². The molecule has 0 atom stereocenters. The van der Waals surface area contributed by atoms with Crippen molar-refractivity contribution in [3.05, 3.63) is 22.4 Å². The molecule has 15 heavy (non-hydrogen) atoms. The van der Waals surface area contributed by atoms with E-state index in [9.17, 15) is 4.79 Å². The zero-order valence-electron chi connectivity index (χ0n) is 7.64. The number of carbonyl (C=O) groups is 1. The highest BCUT2D eigenvalue weighted by Crippen LogP contribution is 2.25. The Bertz CT molecular complexity index is 517. The predicted molar refractivity (Wildman–Crippen MR) is 53.4 cm³/mol. The van der Waals surface area contributed by atoms with Crippen LogP contribution in [0, 0.1) is 0 Å². The van der Waals surface area contributed by atoms with E-state index >= 15 is 0 Å². The number of aromatic nitrogens is 3. The first kappa shape index (κ1) is 9.91. The van der Waals surface area contributed by atoms with Crippen molar-refractivity contribution >= 4 is 21.9 Å². The molecule has 0 saturated carbocycles. The summed E-state index contributed by atoms with van der Waals surface area (Å²) >= 11 is 3.19. The van der Waals surface area contributed by atoms with E-state index in [1.54, 1.807) is 13.1 Å². The molecule has 0 bridgehead atoms. The largest absolute Gasteiger partial charge is 0.477 e. The van der Waals surface area contributed by atoms with Gasteiger partial charge in [0.05, 0.1) is 6.20 Å². The molecule has 0 amide bonds. The lowest BCUT2D eigenvalue weighted by Gasteiger charge is -1.96. The highest BCUT2D eigenvalue weighted by Gasteiger charge is 2.20. The van der Waals surface area contributed by atoms with Crippen LogP contribution >= 0.6 is 15.9 Å². The molecule has 0 unspecified atom stereocenters. The maximum atomic E-state index is 10.8. The van der Waals surface area contributed by atoms with Crippen molar-refractivity contribution in [3.63, 3.8) is 0 Å². The Morgan fingerprint density at radius 3 is 2.93 bits per heavy atom. The molecule has 0 aliphatic carbocycles. The summed E-state index contributed by atoms with van der Waals surface area (Å²) in [5.41, 5.74) is 0.572. The van der Waals surface area contributed by atoms with Crippen LogP contribution in [-0.4, -0.2) is 26.0 Å². The molecule has 6 nitrogen and oxygen atoms in total. The number of aryl methyl sites for hydroxylation is 1. The van der Waals surface area contributed by atoms with Crippen LogP contribution in [0.3, 0.4) is 0 Å². The third kappa shape index (κ3) is 1.65. The summed E-state index contributed by atoms with van der Waals surface area (Å²) < 4.78 is 7.01. The minimum Gasteiger partial charge on any atom is -0.477 e. The van der Waals surface area contributed by atoms with Gasteiger partial charge in [-0.3, -0.25) is 4.68 Å². The van der Waals surface area contributed by atoms with E-state index in [0.717, 1.165) is 0 Å². The van der Waals surface area contributed by atoms with Gasteiger partial charge < -0.3 is 9.63 Å². The molecule has 0 aromatic carbocycles. The van der Waals surface area contributed by atoms with Gasteiger partial charge in [0, 0.05) is 13.1 Å². The van der Waals surface area contributed by atoms with Crippen molar-refractivity contribution in [1.82, 2.24) is 14.9 Å². The van der Waals surface area contributed by atoms with Crippen molar-refractivity contribution < 1.29 is 14.4 Å². The molecular weight excluding hydrogens is 266 g/mol. The maximum absolute atomic E-state index is 10.8. The molecule has 0 aliphatic heterocycles. The smallest absolute Gasteiger partial charge is 0.341 e. The summed E-state index contributed by atoms with van der Waals surface area (Å²) in [6, 6.07) is 1.66. The number of hydrogen-bond donors (Lipinski definition) is 1. The van der Waals surface area contributed by atoms with Gasteiger partial charge in [-0.2, -0.15) is 5.10 Å². The van der Waals surface area contributed by atoms with E-state index in [2.05, 4.69) is 26.2 Å². The van der Waals surface area contributed by atoms with Gasteiger partial charge in [0.1, 0.15) is 15.9 Å². The van der Waals surface area contributed by atoms with Gasteiger partial charge in [-0.1, -0.05) is 5.16 Å². The molecule has 0 fully saturated rings. The SMILES string of the molecule is Cn1nc(Br)cc1-c1oncc1C(=O)O. The van der Waals surface area contributed by atoms with Crippen molar-refractivity contribution in [2.45, 2.75) is 0 Å². The van der Waals surface area contributed by atoms with Gasteiger partial charge in [-0.25, -0.2) is 4.79 Å². The lowest BCUT2D eigenvalue weighted by Crippen LogP contribution is -1.99. The van der Waals surface area contributed by atoms with Crippen LogP contribution in [0.25, 0.3) is 11.5 Å².